The molecular formula is C39H78. The van der Waals surface area contributed by atoms with Gasteiger partial charge in [0.25, 0.3) is 0 Å². The fourth-order valence-electron chi connectivity index (χ4n) is 4.34. The zero-order chi connectivity index (χ0) is 30.2. The lowest BCUT2D eigenvalue weighted by atomic mass is 9.89. The van der Waals surface area contributed by atoms with Crippen molar-refractivity contribution in [2.45, 2.75) is 209 Å². The summed E-state index contributed by atoms with van der Waals surface area (Å²) >= 11 is 0. The van der Waals surface area contributed by atoms with Gasteiger partial charge in [0, 0.05) is 0 Å². The molecule has 0 aromatic carbocycles. The molecule has 0 aromatic heterocycles. The van der Waals surface area contributed by atoms with Crippen molar-refractivity contribution in [2.24, 2.45) is 5.92 Å². The Bertz CT molecular complexity index is 437. The Labute approximate surface area is 251 Å². The van der Waals surface area contributed by atoms with Crippen LogP contribution >= 0.6 is 0 Å². The number of rotatable bonds is 24. The molecule has 0 spiro atoms. The summed E-state index contributed by atoms with van der Waals surface area (Å²) in [6.45, 7) is 22.7. The average Bonchev–Trinajstić information content (AvgIpc) is 2.95. The van der Waals surface area contributed by atoms with Crippen LogP contribution in [0.4, 0.5) is 0 Å². The summed E-state index contributed by atoms with van der Waals surface area (Å²) in [5.41, 5.74) is 1.03. The maximum atomic E-state index is 5.51. The van der Waals surface area contributed by atoms with Gasteiger partial charge in [-0.1, -0.05) is 208 Å². The quantitative estimate of drug-likeness (QED) is 0.0641. The van der Waals surface area contributed by atoms with E-state index in [0.29, 0.717) is 5.92 Å². The minimum Gasteiger partial charge on any atom is -0.115 e. The summed E-state index contributed by atoms with van der Waals surface area (Å²) < 4.78 is 0. The average molecular weight is 547 g/mol. The summed E-state index contributed by atoms with van der Waals surface area (Å²) in [4.78, 5) is 0. The van der Waals surface area contributed by atoms with E-state index in [0.717, 1.165) is 5.57 Å². The molecule has 0 fully saturated rings. The molecule has 0 aliphatic carbocycles. The molecule has 0 N–H and O–H groups in total. The molecule has 0 aliphatic heterocycles. The number of hydrogen-bond donors (Lipinski definition) is 0. The maximum Gasteiger partial charge on any atom is -0.00232 e. The van der Waals surface area contributed by atoms with Gasteiger partial charge in [-0.2, -0.15) is 0 Å². The van der Waals surface area contributed by atoms with Gasteiger partial charge < -0.3 is 0 Å². The van der Waals surface area contributed by atoms with Gasteiger partial charge in [0.1, 0.15) is 0 Å². The van der Waals surface area contributed by atoms with E-state index in [1.807, 2.05) is 6.92 Å². The van der Waals surface area contributed by atoms with E-state index >= 15 is 0 Å². The molecule has 0 amide bonds. The van der Waals surface area contributed by atoms with Gasteiger partial charge in [-0.15, -0.1) is 13.0 Å². The second kappa shape index (κ2) is 46.9. The van der Waals surface area contributed by atoms with Crippen molar-refractivity contribution in [3.05, 3.63) is 24.8 Å². The van der Waals surface area contributed by atoms with Gasteiger partial charge in [0.2, 0.25) is 0 Å². The van der Waals surface area contributed by atoms with Crippen molar-refractivity contribution in [1.29, 1.82) is 0 Å². The van der Waals surface area contributed by atoms with E-state index in [9.17, 15) is 0 Å². The van der Waals surface area contributed by atoms with Crippen LogP contribution in [-0.2, 0) is 0 Å². The Balaban J connectivity index is -0.000000257. The highest BCUT2D eigenvalue weighted by molar-refractivity contribution is 5.24. The molecule has 39 heavy (non-hydrogen) atoms. The second-order valence-electron chi connectivity index (χ2n) is 11.4. The molecule has 0 saturated carbocycles. The van der Waals surface area contributed by atoms with Crippen LogP contribution in [0.2, 0.25) is 0 Å². The van der Waals surface area contributed by atoms with E-state index in [1.54, 1.807) is 6.08 Å². The van der Waals surface area contributed by atoms with Crippen LogP contribution in [0.3, 0.4) is 0 Å². The van der Waals surface area contributed by atoms with Crippen molar-refractivity contribution in [1.82, 2.24) is 0 Å². The molecule has 0 radical (unpaired) electrons. The van der Waals surface area contributed by atoms with Crippen LogP contribution < -0.4 is 0 Å². The zero-order valence-electron chi connectivity index (χ0n) is 28.8. The van der Waals surface area contributed by atoms with Crippen LogP contribution in [0.15, 0.2) is 24.8 Å². The zero-order valence-corrected chi connectivity index (χ0v) is 28.8. The Morgan fingerprint density at radius 3 is 0.974 bits per heavy atom. The highest BCUT2D eigenvalue weighted by atomic mass is 14.1. The lowest BCUT2D eigenvalue weighted by molar-refractivity contribution is 0.461. The number of terminal acetylenes is 1. The van der Waals surface area contributed by atoms with Crippen molar-refractivity contribution in [3.63, 3.8) is 0 Å². The van der Waals surface area contributed by atoms with Crippen molar-refractivity contribution in [2.75, 3.05) is 0 Å². The van der Waals surface area contributed by atoms with Gasteiger partial charge >= 0.3 is 0 Å². The minimum absolute atomic E-state index is 0.577. The van der Waals surface area contributed by atoms with Gasteiger partial charge in [-0.05, 0) is 31.3 Å². The number of unbranched alkanes of at least 4 members (excludes halogenated alkanes) is 19. The Morgan fingerprint density at radius 1 is 0.513 bits per heavy atom. The topological polar surface area (TPSA) is 0 Å². The molecule has 0 rings (SSSR count). The highest BCUT2D eigenvalue weighted by Gasteiger charge is 2.10. The fourth-order valence-corrected chi connectivity index (χ4v) is 4.34. The first kappa shape index (κ1) is 45.0. The van der Waals surface area contributed by atoms with Crippen molar-refractivity contribution in [3.8, 4) is 12.3 Å². The van der Waals surface area contributed by atoms with Crippen LogP contribution in [0.25, 0.3) is 0 Å². The summed E-state index contributed by atoms with van der Waals surface area (Å²) in [6, 6.07) is 0. The monoisotopic (exact) mass is 547 g/mol. The highest BCUT2D eigenvalue weighted by Crippen LogP contribution is 2.24. The predicted octanol–water partition coefficient (Wildman–Crippen LogP) is 14.8. The van der Waals surface area contributed by atoms with Crippen molar-refractivity contribution < 1.29 is 0 Å². The molecular weight excluding hydrogens is 468 g/mol. The van der Waals surface area contributed by atoms with Crippen LogP contribution in [0.1, 0.15) is 209 Å². The number of allylic oxidation sites excluding steroid dienone is 2. The van der Waals surface area contributed by atoms with E-state index in [-0.39, 0.29) is 0 Å². The van der Waals surface area contributed by atoms with Crippen LogP contribution in [0, 0.1) is 18.3 Å². The van der Waals surface area contributed by atoms with Gasteiger partial charge in [0.15, 0.2) is 0 Å². The van der Waals surface area contributed by atoms with E-state index in [4.69, 9.17) is 6.42 Å². The molecule has 234 valence electrons. The van der Waals surface area contributed by atoms with Crippen molar-refractivity contribution >= 4 is 0 Å². The summed E-state index contributed by atoms with van der Waals surface area (Å²) in [7, 11) is 0. The predicted molar refractivity (Wildman–Crippen MR) is 187 cm³/mol. The smallest absolute Gasteiger partial charge is 0.00232 e. The standard InChI is InChI=1S/C18H32.C14H30.C4H10.C3H6/c1-5-8-10-12-14-16-18(17(4)7-3)15-13-11-9-6-2;1-3-5-7-9-11-13-14-12-10-8-6-4-2;1-3-4-2;1-3-2/h3,18H,4-6,8-16H2,1-2H3;3-14H2,1-2H3;3-4H2,1-2H3;3H,1H2,2H3. The van der Waals surface area contributed by atoms with Gasteiger partial charge in [-0.25, -0.2) is 0 Å². The Morgan fingerprint density at radius 2 is 0.744 bits per heavy atom. The van der Waals surface area contributed by atoms with E-state index in [2.05, 4.69) is 60.6 Å². The molecule has 0 heteroatoms. The summed E-state index contributed by atoms with van der Waals surface area (Å²) in [6.07, 6.45) is 41.9. The summed E-state index contributed by atoms with van der Waals surface area (Å²) in [5, 5.41) is 0. The Hall–Kier alpha value is -0.960. The lowest BCUT2D eigenvalue weighted by Gasteiger charge is -2.16. The molecule has 0 saturated heterocycles. The van der Waals surface area contributed by atoms with Crippen LogP contribution in [-0.4, -0.2) is 0 Å². The Kier molecular flexibility index (Phi) is 54.1. The molecule has 0 bridgehead atoms. The fraction of sp³-hybridized carbons (Fsp3) is 0.846. The lowest BCUT2D eigenvalue weighted by Crippen LogP contribution is -2.03. The normalized spacial score (nSPS) is 10.5. The number of hydrogen-bond acceptors (Lipinski definition) is 0. The molecule has 1 atom stereocenters. The molecule has 1 unspecified atom stereocenters. The van der Waals surface area contributed by atoms with Gasteiger partial charge in [0.05, 0.1) is 0 Å². The molecule has 0 aromatic rings. The van der Waals surface area contributed by atoms with E-state index < -0.39 is 0 Å². The third kappa shape index (κ3) is 50.4. The molecule has 0 heterocycles. The minimum atomic E-state index is 0.577. The molecule has 0 aliphatic rings. The SMILES string of the molecule is C#CC(=C)C(CCCCCC)CCCCCCC.C=CC.CCCC.CCCCCCCCCCCCCC. The second-order valence-corrected chi connectivity index (χ2v) is 11.4. The van der Waals surface area contributed by atoms with Crippen LogP contribution in [0.5, 0.6) is 0 Å². The van der Waals surface area contributed by atoms with Gasteiger partial charge in [-0.3, -0.25) is 0 Å². The van der Waals surface area contributed by atoms with E-state index in [1.165, 1.54) is 161 Å². The first-order chi connectivity index (χ1) is 19.0. The third-order valence-corrected chi connectivity index (χ3v) is 7.20. The third-order valence-electron chi connectivity index (χ3n) is 7.20. The maximum absolute atomic E-state index is 5.51. The molecule has 0 nitrogen and oxygen atoms in total. The first-order valence-electron chi connectivity index (χ1n) is 17.7. The first-order valence-corrected chi connectivity index (χ1v) is 17.7. The summed E-state index contributed by atoms with van der Waals surface area (Å²) in [5.74, 6) is 3.34. The largest absolute Gasteiger partial charge is 0.115 e.